The lowest BCUT2D eigenvalue weighted by molar-refractivity contribution is -0.150. The molecule has 6 aromatic rings. The minimum Gasteiger partial charge on any atom is -0.508 e. The lowest BCUT2D eigenvalue weighted by Crippen LogP contribution is -2.61. The molecule has 0 spiro atoms. The van der Waals surface area contributed by atoms with E-state index < -0.39 is 216 Å². The number of aromatic nitrogens is 3. The first-order chi connectivity index (χ1) is 67.7. The molecule has 0 aliphatic carbocycles. The van der Waals surface area contributed by atoms with E-state index in [2.05, 4.69) is 85.7 Å². The summed E-state index contributed by atoms with van der Waals surface area (Å²) in [5.41, 5.74) is 2.89. The predicted octanol–water partition coefficient (Wildman–Crippen LogP) is 1.77. The van der Waals surface area contributed by atoms with E-state index >= 15 is 14.4 Å². The molecule has 2 aliphatic rings. The van der Waals surface area contributed by atoms with Crippen LogP contribution in [0, 0.1) is 5.92 Å². The molecule has 17 amide bonds. The largest absolute Gasteiger partial charge is 0.508 e. The molecule has 2 saturated heterocycles. The van der Waals surface area contributed by atoms with Crippen LogP contribution in [0.25, 0.3) is 10.9 Å². The second-order valence-corrected chi connectivity index (χ2v) is 37.7. The summed E-state index contributed by atoms with van der Waals surface area (Å²) in [6, 6.07) is 8.15. The Bertz CT molecular complexity index is 5280. The number of fused-ring (bicyclic) bond motifs is 2. The Balaban J connectivity index is 1.12. The molecule has 2 aromatic heterocycles. The third-order valence-corrected chi connectivity index (χ3v) is 26.3. The molecule has 8 rings (SSSR count). The van der Waals surface area contributed by atoms with Crippen LogP contribution in [0.4, 0.5) is 0 Å². The topological polar surface area (TPSA) is 573 Å². The number of imidazole rings is 1. The maximum Gasteiger partial charge on any atom is 0.305 e. The van der Waals surface area contributed by atoms with Crippen molar-refractivity contribution in [3.05, 3.63) is 156 Å². The van der Waals surface area contributed by atoms with Gasteiger partial charge in [-0.05, 0) is 99.7 Å². The van der Waals surface area contributed by atoms with Crippen LogP contribution < -0.4 is 63.8 Å². The molecule has 41 nitrogen and oxygen atoms in total. The first kappa shape index (κ1) is 113. The number of carboxylic acids is 1. The average Bonchev–Trinajstić information content (AvgIpc) is 1.58. The number of H-pyrrole nitrogens is 2. The van der Waals surface area contributed by atoms with Crippen molar-refractivity contribution >= 4 is 129 Å². The molecule has 1 unspecified atom stereocenters. The number of phenols is 1. The van der Waals surface area contributed by atoms with Gasteiger partial charge in [0, 0.05) is 121 Å². The average molecular weight is 1990 g/mol. The fourth-order valence-electron chi connectivity index (χ4n) is 16.7. The fourth-order valence-corrected chi connectivity index (χ4v) is 17.6. The minimum atomic E-state index is -1.97. The van der Waals surface area contributed by atoms with E-state index in [1.54, 1.807) is 112 Å². The molecule has 42 heteroatoms. The number of benzene rings is 4. The van der Waals surface area contributed by atoms with Crippen molar-refractivity contribution in [1.29, 1.82) is 0 Å². The molecule has 17 N–H and O–H groups in total. The van der Waals surface area contributed by atoms with Crippen LogP contribution in [0.3, 0.4) is 0 Å². The lowest BCUT2D eigenvalue weighted by Gasteiger charge is -2.36. The molecular weight excluding hydrogens is 1850 g/mol. The maximum absolute atomic E-state index is 15.6. The van der Waals surface area contributed by atoms with Crippen LogP contribution >= 0.6 is 11.8 Å². The van der Waals surface area contributed by atoms with Crippen molar-refractivity contribution in [3.63, 3.8) is 0 Å². The van der Waals surface area contributed by atoms with Gasteiger partial charge in [-0.1, -0.05) is 170 Å². The molecule has 0 radical (unpaired) electrons. The van der Waals surface area contributed by atoms with E-state index in [1.807, 2.05) is 0 Å². The Morgan fingerprint density at radius 1 is 0.500 bits per heavy atom. The molecule has 2 fully saturated rings. The van der Waals surface area contributed by atoms with Gasteiger partial charge in [-0.2, -0.15) is 0 Å². The number of likely N-dealkylation sites (N-methyl/N-ethyl adjacent to an activating group) is 4. The Hall–Kier alpha value is -13.8. The van der Waals surface area contributed by atoms with Crippen molar-refractivity contribution in [3.8, 4) is 5.75 Å². The van der Waals surface area contributed by atoms with Gasteiger partial charge in [0.25, 0.3) is 0 Å². The van der Waals surface area contributed by atoms with Gasteiger partial charge in [0.2, 0.25) is 100 Å². The molecule has 142 heavy (non-hydrogen) atoms. The van der Waals surface area contributed by atoms with Gasteiger partial charge >= 0.3 is 5.97 Å². The number of nitrogens with one attached hydrogen (secondary N) is 14. The van der Waals surface area contributed by atoms with Gasteiger partial charge in [0.05, 0.1) is 31.1 Å². The van der Waals surface area contributed by atoms with Gasteiger partial charge in [-0.25, -0.2) is 4.98 Å². The van der Waals surface area contributed by atoms with Crippen LogP contribution in [0.15, 0.2) is 128 Å². The van der Waals surface area contributed by atoms with E-state index in [4.69, 9.17) is 0 Å². The Morgan fingerprint density at radius 3 is 1.67 bits per heavy atom. The van der Waals surface area contributed by atoms with Gasteiger partial charge in [-0.3, -0.25) is 86.3 Å². The summed E-state index contributed by atoms with van der Waals surface area (Å²) in [6.07, 6.45) is 10.2. The number of carboxylic acid groups (broad SMARTS) is 1. The number of aromatic hydroxyl groups is 1. The number of rotatable bonds is 29. The van der Waals surface area contributed by atoms with Crippen LogP contribution in [0.5, 0.6) is 5.75 Å². The first-order valence-electron chi connectivity index (χ1n) is 48.5. The SMILES string of the molecule is CCCCCCCCCCCC(=O)NCCNC(=O)[C@@H]1CSCC(=O)N[C@@H](Cc2c[nH]c3ccccc23)C(=O)N[C@@H]([C@@H](C)O)C(=O)N(C)CC(=O)N[C@@H](CC(=O)O)C(=O)N(C)[C@@H](Cc2ccccc2)C(=O)N(C)[C@@H](Cc2ccccc2)C(=O)N[C@@H](C)C(=O)N(C)[C@@H](C)C(=O)N[C@@H](Cc2cnc[nH]2)C(=O)N[C@@H](Cc2ccc(O)cc2)C(=O)N[C@@H](CC)C(=O)NC(C(C)C)C(=O)N2CCC[C@H]2C(=O)N[C@@H](C)C(=O)N1. The Labute approximate surface area is 831 Å². The summed E-state index contributed by atoms with van der Waals surface area (Å²) in [5.74, 6) is -18.0. The van der Waals surface area contributed by atoms with E-state index in [1.165, 1.54) is 103 Å². The first-order valence-corrected chi connectivity index (χ1v) is 49.6. The quantitative estimate of drug-likeness (QED) is 0.0298. The number of aliphatic carboxylic acids is 1. The highest BCUT2D eigenvalue weighted by molar-refractivity contribution is 8.00. The number of carbonyl (C=O) groups is 18. The standard InChI is InChI=1S/C100H140N20O21S/c1-13-15-16-17-18-19-20-21-28-39-81(123)102-44-45-103-89(130)77-56-142-57-83(125)108-74(50-67-53-104-72-37-30-29-36-70(67)72)93(134)115-86(63(8)121)99(140)116(9)55-82(124)109-76(52-84(126)127)97(138)119(12)80(49-65-34-26-23-27-35-65)98(139)118(11)79(48-64-32-24-22-25-33-64)95(136)107-61(6)96(137)117(10)62(7)88(129)111-75(51-68-54-101-58-105-68)92(133)112-73(47-66-40-42-69(122)43-41-66)91(132)110-71(14-2)90(131)114-85(59(3)4)100(141)120-46-31-38-78(120)94(135)106-60(5)87(128)113-77/h22-27,29-30,32-37,40-43,53-54,58-63,71,73-80,85-86,104,121-122H,13-21,28,31,38-39,44-52,55-57H2,1-12H3,(H,101,105)(H,102,123)(H,103,130)(H,106,135)(H,107,136)(H,108,125)(H,109,124)(H,110,132)(H,111,129)(H,112,133)(H,113,128)(H,114,131)(H,115,134)(H,126,127)/t60-,61-,62-,63+,71-,73-,74-,75-,76-,77-,78-,79-,80-,85?,86-/m0/s1. The number of hydrogen-bond acceptors (Lipinski definition) is 22. The maximum atomic E-state index is 15.6. The number of aliphatic hydroxyl groups is 1. The number of nitrogens with zero attached hydrogens (tertiary/aromatic N) is 6. The normalized spacial score (nSPS) is 23.6. The summed E-state index contributed by atoms with van der Waals surface area (Å²) in [6.45, 7) is 11.2. The highest BCUT2D eigenvalue weighted by Crippen LogP contribution is 2.26. The highest BCUT2D eigenvalue weighted by atomic mass is 32.2. The lowest BCUT2D eigenvalue weighted by atomic mass is 9.99. The predicted molar refractivity (Wildman–Crippen MR) is 529 cm³/mol. The van der Waals surface area contributed by atoms with Crippen molar-refractivity contribution in [2.45, 2.75) is 268 Å². The number of unbranched alkanes of at least 4 members (excludes halogenated alkanes) is 8. The van der Waals surface area contributed by atoms with Gasteiger partial charge < -0.3 is 114 Å². The second-order valence-electron chi connectivity index (χ2n) is 36.7. The zero-order valence-corrected chi connectivity index (χ0v) is 83.6. The third-order valence-electron chi connectivity index (χ3n) is 25.3. The summed E-state index contributed by atoms with van der Waals surface area (Å²) >= 11 is 0.843. The number of hydrogen-bond donors (Lipinski definition) is 17. The number of aliphatic hydroxyl groups excluding tert-OH is 1. The molecule has 0 bridgehead atoms. The number of thioether (sulfide) groups is 1. The van der Waals surface area contributed by atoms with E-state index in [0.717, 1.165) is 77.4 Å². The monoisotopic (exact) mass is 1990 g/mol. The van der Waals surface area contributed by atoms with Crippen LogP contribution in [0.2, 0.25) is 0 Å². The number of phenolic OH excluding ortho intramolecular Hbond substituents is 1. The van der Waals surface area contributed by atoms with Crippen molar-refractivity contribution < 1.29 is 102 Å². The Kier molecular flexibility index (Phi) is 45.2. The zero-order valence-electron chi connectivity index (χ0n) is 82.8. The molecule has 15 atom stereocenters. The highest BCUT2D eigenvalue weighted by Gasteiger charge is 2.44. The summed E-state index contributed by atoms with van der Waals surface area (Å²) in [5, 5.41) is 64.7. The fraction of sp³-hybridized carbons (Fsp3) is 0.530. The minimum absolute atomic E-state index is 0.00276. The van der Waals surface area contributed by atoms with Crippen molar-refractivity contribution in [1.82, 2.24) is 103 Å². The molecule has 772 valence electrons. The zero-order chi connectivity index (χ0) is 104. The number of amides is 17. The molecule has 2 aliphatic heterocycles. The van der Waals surface area contributed by atoms with Crippen molar-refractivity contribution in [2.75, 3.05) is 65.9 Å². The second kappa shape index (κ2) is 56.6. The molecule has 4 heterocycles. The summed E-state index contributed by atoms with van der Waals surface area (Å²) < 4.78 is 0. The number of para-hydroxylation sites is 1. The molecule has 0 saturated carbocycles. The molecular formula is C100H140N20O21S. The third kappa shape index (κ3) is 34.6. The van der Waals surface area contributed by atoms with Crippen LogP contribution in [-0.2, 0) is 118 Å². The van der Waals surface area contributed by atoms with Gasteiger partial charge in [-0.15, -0.1) is 11.8 Å². The number of aromatic amines is 2. The summed E-state index contributed by atoms with van der Waals surface area (Å²) in [4.78, 5) is 277. The van der Waals surface area contributed by atoms with Crippen molar-refractivity contribution in [2.24, 2.45) is 5.92 Å². The van der Waals surface area contributed by atoms with Gasteiger partial charge in [0.1, 0.15) is 90.3 Å². The van der Waals surface area contributed by atoms with Gasteiger partial charge in [0.15, 0.2) is 0 Å². The molecule has 4 aromatic carbocycles. The van der Waals surface area contributed by atoms with Crippen LogP contribution in [-0.4, -0.2) is 318 Å². The number of carbonyl (C=O) groups excluding carboxylic acids is 17. The van der Waals surface area contributed by atoms with E-state index in [-0.39, 0.29) is 88.4 Å². The smallest absolute Gasteiger partial charge is 0.305 e. The summed E-state index contributed by atoms with van der Waals surface area (Å²) in [7, 11) is 4.85. The Morgan fingerprint density at radius 2 is 1.05 bits per heavy atom. The van der Waals surface area contributed by atoms with E-state index in [0.29, 0.717) is 51.7 Å². The van der Waals surface area contributed by atoms with Crippen LogP contribution in [0.1, 0.15) is 173 Å². The van der Waals surface area contributed by atoms with E-state index in [9.17, 15) is 87.2 Å².